The normalized spacial score (nSPS) is 11.8. The van der Waals surface area contributed by atoms with Gasteiger partial charge in [-0.1, -0.05) is 37.7 Å². The highest BCUT2D eigenvalue weighted by molar-refractivity contribution is 8.00. The largest absolute Gasteiger partial charge is 0.348 e. The Hall–Kier alpha value is -2.66. The Balaban J connectivity index is 2.09. The lowest BCUT2D eigenvalue weighted by Gasteiger charge is -2.23. The van der Waals surface area contributed by atoms with E-state index in [0.717, 1.165) is 17.3 Å². The first-order chi connectivity index (χ1) is 12.3. The summed E-state index contributed by atoms with van der Waals surface area (Å²) in [6.07, 6.45) is 0. The fraction of sp³-hybridized carbons (Fsp3) is 0.333. The van der Waals surface area contributed by atoms with Crippen molar-refractivity contribution in [3.63, 3.8) is 0 Å². The Morgan fingerprint density at radius 1 is 1.38 bits per heavy atom. The van der Waals surface area contributed by atoms with E-state index in [1.807, 2.05) is 19.9 Å². The van der Waals surface area contributed by atoms with Gasteiger partial charge in [0.05, 0.1) is 11.8 Å². The number of rotatable bonds is 6. The Morgan fingerprint density at radius 3 is 2.62 bits per heavy atom. The minimum atomic E-state index is -0.559. The first kappa shape index (κ1) is 19.7. The van der Waals surface area contributed by atoms with E-state index < -0.39 is 5.69 Å². The zero-order chi connectivity index (χ0) is 19.3. The highest BCUT2D eigenvalue weighted by atomic mass is 32.2. The zero-order valence-corrected chi connectivity index (χ0v) is 15.5. The van der Waals surface area contributed by atoms with Gasteiger partial charge in [-0.2, -0.15) is 10.2 Å². The van der Waals surface area contributed by atoms with Crippen LogP contribution in [0.5, 0.6) is 0 Å². The lowest BCUT2D eigenvalue weighted by Crippen LogP contribution is -2.33. The van der Waals surface area contributed by atoms with Crippen molar-refractivity contribution >= 4 is 17.7 Å². The molecular weight excluding hydrogens is 355 g/mol. The molecule has 136 valence electrons. The van der Waals surface area contributed by atoms with Gasteiger partial charge in [0, 0.05) is 5.69 Å². The minimum Gasteiger partial charge on any atom is -0.348 e. The molecular formula is C18H19FN4O2S. The van der Waals surface area contributed by atoms with Crippen molar-refractivity contribution in [1.82, 2.24) is 15.3 Å². The van der Waals surface area contributed by atoms with E-state index in [4.69, 9.17) is 0 Å². The lowest BCUT2D eigenvalue weighted by atomic mass is 9.96. The molecule has 2 rings (SSSR count). The third kappa shape index (κ3) is 4.92. The van der Waals surface area contributed by atoms with E-state index in [1.54, 1.807) is 19.1 Å². The van der Waals surface area contributed by atoms with Gasteiger partial charge in [0.1, 0.15) is 22.5 Å². The maximum absolute atomic E-state index is 13.1. The average molecular weight is 374 g/mol. The van der Waals surface area contributed by atoms with Crippen LogP contribution in [0.1, 0.15) is 36.7 Å². The number of hydrogen-bond donors (Lipinski definition) is 2. The van der Waals surface area contributed by atoms with Gasteiger partial charge < -0.3 is 10.3 Å². The number of nitrogens with zero attached hydrogens (tertiary/aromatic N) is 2. The molecule has 0 aliphatic rings. The van der Waals surface area contributed by atoms with E-state index in [0.29, 0.717) is 5.69 Å². The number of aryl methyl sites for hydroxylation is 1. The Labute approximate surface area is 154 Å². The summed E-state index contributed by atoms with van der Waals surface area (Å²) < 4.78 is 13.1. The van der Waals surface area contributed by atoms with Crippen molar-refractivity contribution in [2.45, 2.75) is 31.8 Å². The number of nitrogens with one attached hydrogen (secondary N) is 2. The molecule has 2 aromatic rings. The molecule has 0 saturated carbocycles. The van der Waals surface area contributed by atoms with Crippen molar-refractivity contribution < 1.29 is 9.18 Å². The van der Waals surface area contributed by atoms with E-state index in [1.165, 1.54) is 12.1 Å². The van der Waals surface area contributed by atoms with Crippen molar-refractivity contribution in [1.29, 1.82) is 5.26 Å². The molecule has 0 radical (unpaired) electrons. The molecule has 0 bridgehead atoms. The van der Waals surface area contributed by atoms with Crippen LogP contribution in [0.15, 0.2) is 34.1 Å². The highest BCUT2D eigenvalue weighted by Gasteiger charge is 2.19. The van der Waals surface area contributed by atoms with Crippen LogP contribution in [0.4, 0.5) is 4.39 Å². The lowest BCUT2D eigenvalue weighted by molar-refractivity contribution is -0.119. The van der Waals surface area contributed by atoms with E-state index in [-0.39, 0.29) is 40.0 Å². The number of carbonyl (C=O) groups is 1. The fourth-order valence-electron chi connectivity index (χ4n) is 2.45. The first-order valence-electron chi connectivity index (χ1n) is 8.00. The van der Waals surface area contributed by atoms with Crippen LogP contribution in [-0.4, -0.2) is 21.6 Å². The molecule has 0 aliphatic heterocycles. The molecule has 2 N–H and O–H groups in total. The van der Waals surface area contributed by atoms with Crippen LogP contribution in [-0.2, 0) is 4.79 Å². The highest BCUT2D eigenvalue weighted by Crippen LogP contribution is 2.23. The van der Waals surface area contributed by atoms with Gasteiger partial charge >= 0.3 is 5.69 Å². The topological polar surface area (TPSA) is 98.6 Å². The van der Waals surface area contributed by atoms with E-state index >= 15 is 0 Å². The summed E-state index contributed by atoms with van der Waals surface area (Å²) >= 11 is 1.03. The monoisotopic (exact) mass is 374 g/mol. The number of halogens is 1. The number of aromatic amines is 1. The van der Waals surface area contributed by atoms with Gasteiger partial charge in [0.25, 0.3) is 0 Å². The molecule has 0 aliphatic carbocycles. The number of aromatic nitrogens is 2. The maximum atomic E-state index is 13.1. The molecule has 1 aromatic heterocycles. The van der Waals surface area contributed by atoms with Crippen molar-refractivity contribution in [2.75, 3.05) is 5.75 Å². The van der Waals surface area contributed by atoms with Crippen LogP contribution in [0.3, 0.4) is 0 Å². The SMILES string of the molecule is Cc1[nH]c(=O)nc(SCC(=O)N[C@H](c2ccc(F)cc2)C(C)C)c1C#N. The fourth-order valence-corrected chi connectivity index (χ4v) is 3.29. The molecule has 0 saturated heterocycles. The molecule has 8 heteroatoms. The molecule has 0 unspecified atom stereocenters. The Kier molecular flexibility index (Phi) is 6.52. The standard InChI is InChI=1S/C18H19FN4O2S/c1-10(2)16(12-4-6-13(19)7-5-12)22-15(24)9-26-17-14(8-20)11(3)21-18(25)23-17/h4-7,10,16H,9H2,1-3H3,(H,22,24)(H,21,23,25)/t16-/m0/s1. The summed E-state index contributed by atoms with van der Waals surface area (Å²) in [5, 5.41) is 12.3. The van der Waals surface area contributed by atoms with Gasteiger partial charge in [-0.15, -0.1) is 0 Å². The summed E-state index contributed by atoms with van der Waals surface area (Å²) in [6, 6.07) is 7.71. The number of carbonyl (C=O) groups excluding carboxylic acids is 1. The van der Waals surface area contributed by atoms with Gasteiger partial charge in [-0.05, 0) is 30.5 Å². The minimum absolute atomic E-state index is 0.00892. The summed E-state index contributed by atoms with van der Waals surface area (Å²) in [7, 11) is 0. The molecule has 0 fully saturated rings. The van der Waals surface area contributed by atoms with E-state index in [9.17, 15) is 19.2 Å². The van der Waals surface area contributed by atoms with Crippen LogP contribution >= 0.6 is 11.8 Å². The summed E-state index contributed by atoms with van der Waals surface area (Å²) in [4.78, 5) is 30.0. The van der Waals surface area contributed by atoms with Crippen LogP contribution in [0, 0.1) is 30.0 Å². The van der Waals surface area contributed by atoms with Crippen LogP contribution in [0.2, 0.25) is 0 Å². The quantitative estimate of drug-likeness (QED) is 0.598. The first-order valence-corrected chi connectivity index (χ1v) is 8.99. The van der Waals surface area contributed by atoms with Crippen molar-refractivity contribution in [3.05, 3.63) is 57.4 Å². The second-order valence-electron chi connectivity index (χ2n) is 6.09. The smallest absolute Gasteiger partial charge is 0.346 e. The molecule has 0 spiro atoms. The van der Waals surface area contributed by atoms with Crippen LogP contribution < -0.4 is 11.0 Å². The van der Waals surface area contributed by atoms with E-state index in [2.05, 4.69) is 15.3 Å². The van der Waals surface area contributed by atoms with Crippen LogP contribution in [0.25, 0.3) is 0 Å². The number of benzene rings is 1. The third-order valence-corrected chi connectivity index (χ3v) is 4.73. The summed E-state index contributed by atoms with van der Waals surface area (Å²) in [5.41, 5.74) is 0.918. The molecule has 1 atom stereocenters. The molecule has 1 heterocycles. The predicted molar refractivity (Wildman–Crippen MR) is 97.2 cm³/mol. The van der Waals surface area contributed by atoms with Crippen molar-refractivity contribution in [2.24, 2.45) is 5.92 Å². The molecule has 6 nitrogen and oxygen atoms in total. The Morgan fingerprint density at radius 2 is 2.04 bits per heavy atom. The average Bonchev–Trinajstić information content (AvgIpc) is 2.58. The zero-order valence-electron chi connectivity index (χ0n) is 14.7. The molecule has 26 heavy (non-hydrogen) atoms. The maximum Gasteiger partial charge on any atom is 0.346 e. The summed E-state index contributed by atoms with van der Waals surface area (Å²) in [6.45, 7) is 5.52. The molecule has 1 amide bonds. The Bertz CT molecular complexity index is 888. The van der Waals surface area contributed by atoms with Gasteiger partial charge in [0.2, 0.25) is 5.91 Å². The number of thioether (sulfide) groups is 1. The second-order valence-corrected chi connectivity index (χ2v) is 7.05. The van der Waals surface area contributed by atoms with Gasteiger partial charge in [-0.3, -0.25) is 4.79 Å². The number of nitriles is 1. The number of hydrogen-bond acceptors (Lipinski definition) is 5. The number of amides is 1. The predicted octanol–water partition coefficient (Wildman–Crippen LogP) is 2.69. The molecule has 1 aromatic carbocycles. The number of H-pyrrole nitrogens is 1. The van der Waals surface area contributed by atoms with Gasteiger partial charge in [-0.25, -0.2) is 9.18 Å². The van der Waals surface area contributed by atoms with Crippen molar-refractivity contribution in [3.8, 4) is 6.07 Å². The third-order valence-electron chi connectivity index (χ3n) is 3.75. The second kappa shape index (κ2) is 8.63. The summed E-state index contributed by atoms with van der Waals surface area (Å²) in [5.74, 6) is -0.488. The van der Waals surface area contributed by atoms with Gasteiger partial charge in [0.15, 0.2) is 0 Å².